The number of nitrogens with one attached hydrogen (secondary N) is 1. The second-order valence-electron chi connectivity index (χ2n) is 3.98. The number of hydrogen-bond acceptors (Lipinski definition) is 3. The van der Waals surface area contributed by atoms with Crippen LogP contribution >= 0.6 is 0 Å². The van der Waals surface area contributed by atoms with Crippen LogP contribution in [0.4, 0.5) is 5.69 Å². The number of fused-ring (bicyclic) bond motifs is 1. The molecule has 82 valence electrons. The van der Waals surface area contributed by atoms with E-state index in [0.717, 1.165) is 23.4 Å². The number of benzene rings is 1. The summed E-state index contributed by atoms with van der Waals surface area (Å²) >= 11 is 0. The van der Waals surface area contributed by atoms with Crippen LogP contribution < -0.4 is 10.1 Å². The van der Waals surface area contributed by atoms with Gasteiger partial charge in [0.1, 0.15) is 5.75 Å². The van der Waals surface area contributed by atoms with Crippen molar-refractivity contribution in [1.29, 1.82) is 0 Å². The molecule has 0 spiro atoms. The molecule has 0 saturated heterocycles. The Morgan fingerprint density at radius 1 is 1.53 bits per heavy atom. The number of hydrogen-bond donors (Lipinski definition) is 2. The van der Waals surface area contributed by atoms with Crippen LogP contribution in [0, 0.1) is 0 Å². The molecule has 0 fully saturated rings. The molecule has 0 aromatic heterocycles. The Hall–Kier alpha value is -1.22. The summed E-state index contributed by atoms with van der Waals surface area (Å²) in [6.07, 6.45) is 0.374. The Morgan fingerprint density at radius 3 is 3.07 bits per heavy atom. The van der Waals surface area contributed by atoms with Crippen LogP contribution in [0.25, 0.3) is 0 Å². The van der Waals surface area contributed by atoms with Gasteiger partial charge in [-0.15, -0.1) is 0 Å². The van der Waals surface area contributed by atoms with Crippen molar-refractivity contribution in [3.63, 3.8) is 0 Å². The van der Waals surface area contributed by atoms with Gasteiger partial charge in [-0.3, -0.25) is 0 Å². The highest BCUT2D eigenvalue weighted by atomic mass is 16.5. The summed E-state index contributed by atoms with van der Waals surface area (Å²) in [5, 5.41) is 13.3. The van der Waals surface area contributed by atoms with E-state index in [4.69, 9.17) is 4.74 Å². The van der Waals surface area contributed by atoms with Crippen molar-refractivity contribution in [3.8, 4) is 5.75 Å². The number of aliphatic hydroxyl groups is 1. The van der Waals surface area contributed by atoms with Crippen LogP contribution in [0.15, 0.2) is 18.2 Å². The molecule has 0 radical (unpaired) electrons. The third kappa shape index (κ3) is 2.07. The van der Waals surface area contributed by atoms with Crippen molar-refractivity contribution in [2.75, 3.05) is 11.9 Å². The number of ether oxygens (including phenoxy) is 1. The normalized spacial score (nSPS) is 24.2. The molecule has 1 heterocycles. The smallest absolute Gasteiger partial charge is 0.119 e. The molecule has 3 nitrogen and oxygen atoms in total. The summed E-state index contributed by atoms with van der Waals surface area (Å²) in [5.74, 6) is 0.826. The van der Waals surface area contributed by atoms with Gasteiger partial charge < -0.3 is 15.2 Å². The monoisotopic (exact) mass is 207 g/mol. The highest BCUT2D eigenvalue weighted by Gasteiger charge is 2.22. The Kier molecular flexibility index (Phi) is 2.82. The third-order valence-electron chi connectivity index (χ3n) is 2.67. The predicted octanol–water partition coefficient (Wildman–Crippen LogP) is 2.32. The van der Waals surface area contributed by atoms with Crippen LogP contribution in [0.5, 0.6) is 5.75 Å². The lowest BCUT2D eigenvalue weighted by atomic mass is 9.96. The summed E-state index contributed by atoms with van der Waals surface area (Å²) < 4.78 is 5.41. The molecule has 3 heteroatoms. The zero-order valence-corrected chi connectivity index (χ0v) is 9.16. The number of anilines is 1. The molecule has 0 bridgehead atoms. The first-order valence-corrected chi connectivity index (χ1v) is 5.42. The van der Waals surface area contributed by atoms with E-state index in [-0.39, 0.29) is 6.10 Å². The lowest BCUT2D eigenvalue weighted by Gasteiger charge is -2.28. The third-order valence-corrected chi connectivity index (χ3v) is 2.67. The maximum absolute atomic E-state index is 9.93. The zero-order valence-electron chi connectivity index (χ0n) is 9.16. The summed E-state index contributed by atoms with van der Waals surface area (Å²) in [6.45, 7) is 4.68. The molecule has 2 unspecified atom stereocenters. The summed E-state index contributed by atoms with van der Waals surface area (Å²) in [7, 11) is 0. The van der Waals surface area contributed by atoms with Gasteiger partial charge in [0.15, 0.2) is 0 Å². The molecule has 1 aliphatic rings. The first kappa shape index (κ1) is 10.3. The Balaban J connectivity index is 2.30. The fourth-order valence-corrected chi connectivity index (χ4v) is 1.99. The highest BCUT2D eigenvalue weighted by Crippen LogP contribution is 2.34. The molecular weight excluding hydrogens is 190 g/mol. The lowest BCUT2D eigenvalue weighted by Crippen LogP contribution is -2.25. The minimum atomic E-state index is -0.378. The molecule has 0 amide bonds. The highest BCUT2D eigenvalue weighted by molar-refractivity contribution is 5.57. The van der Waals surface area contributed by atoms with E-state index in [9.17, 15) is 5.11 Å². The van der Waals surface area contributed by atoms with Gasteiger partial charge in [0.25, 0.3) is 0 Å². The lowest BCUT2D eigenvalue weighted by molar-refractivity contribution is 0.158. The topological polar surface area (TPSA) is 41.5 Å². The minimum Gasteiger partial charge on any atom is -0.494 e. The van der Waals surface area contributed by atoms with Crippen LogP contribution in [-0.2, 0) is 0 Å². The van der Waals surface area contributed by atoms with Gasteiger partial charge in [0, 0.05) is 17.3 Å². The Labute approximate surface area is 90.1 Å². The molecule has 1 aliphatic heterocycles. The van der Waals surface area contributed by atoms with Crippen molar-refractivity contribution in [2.45, 2.75) is 32.4 Å². The van der Waals surface area contributed by atoms with Gasteiger partial charge in [-0.2, -0.15) is 0 Å². The van der Waals surface area contributed by atoms with Gasteiger partial charge in [-0.05, 0) is 38.5 Å². The standard InChI is InChI=1S/C12H17NO2/c1-3-15-9-4-5-11-10(7-9)12(14)6-8(2)13-11/h4-5,7-8,12-14H,3,6H2,1-2H3. The van der Waals surface area contributed by atoms with E-state index >= 15 is 0 Å². The van der Waals surface area contributed by atoms with E-state index in [1.807, 2.05) is 25.1 Å². The predicted molar refractivity (Wildman–Crippen MR) is 60.3 cm³/mol. The maximum Gasteiger partial charge on any atom is 0.119 e. The quantitative estimate of drug-likeness (QED) is 0.782. The molecule has 2 N–H and O–H groups in total. The summed E-state index contributed by atoms with van der Waals surface area (Å²) in [6, 6.07) is 6.15. The van der Waals surface area contributed by atoms with Crippen LogP contribution in [-0.4, -0.2) is 17.8 Å². The van der Waals surface area contributed by atoms with Crippen LogP contribution in [0.2, 0.25) is 0 Å². The van der Waals surface area contributed by atoms with E-state index in [1.165, 1.54) is 0 Å². The minimum absolute atomic E-state index is 0.324. The average molecular weight is 207 g/mol. The Morgan fingerprint density at radius 2 is 2.33 bits per heavy atom. The molecule has 15 heavy (non-hydrogen) atoms. The molecule has 2 atom stereocenters. The van der Waals surface area contributed by atoms with Crippen molar-refractivity contribution in [3.05, 3.63) is 23.8 Å². The van der Waals surface area contributed by atoms with Crippen molar-refractivity contribution >= 4 is 5.69 Å². The first-order chi connectivity index (χ1) is 7.20. The van der Waals surface area contributed by atoms with Gasteiger partial charge >= 0.3 is 0 Å². The zero-order chi connectivity index (χ0) is 10.8. The number of aliphatic hydroxyl groups excluding tert-OH is 1. The molecule has 0 aliphatic carbocycles. The van der Waals surface area contributed by atoms with Crippen molar-refractivity contribution in [1.82, 2.24) is 0 Å². The fourth-order valence-electron chi connectivity index (χ4n) is 1.99. The van der Waals surface area contributed by atoms with Crippen molar-refractivity contribution in [2.24, 2.45) is 0 Å². The average Bonchev–Trinajstić information content (AvgIpc) is 2.19. The molecule has 2 rings (SSSR count). The molecular formula is C12H17NO2. The van der Waals surface area contributed by atoms with Crippen molar-refractivity contribution < 1.29 is 9.84 Å². The van der Waals surface area contributed by atoms with Gasteiger partial charge in [-0.1, -0.05) is 0 Å². The van der Waals surface area contributed by atoms with Crippen LogP contribution in [0.1, 0.15) is 31.9 Å². The van der Waals surface area contributed by atoms with Gasteiger partial charge in [0.2, 0.25) is 0 Å². The summed E-state index contributed by atoms with van der Waals surface area (Å²) in [4.78, 5) is 0. The largest absolute Gasteiger partial charge is 0.494 e. The van der Waals surface area contributed by atoms with Crippen LogP contribution in [0.3, 0.4) is 0 Å². The Bertz CT molecular complexity index is 351. The maximum atomic E-state index is 9.93. The number of rotatable bonds is 2. The second kappa shape index (κ2) is 4.11. The first-order valence-electron chi connectivity index (χ1n) is 5.42. The second-order valence-corrected chi connectivity index (χ2v) is 3.98. The molecule has 1 aromatic rings. The van der Waals surface area contributed by atoms with E-state index in [2.05, 4.69) is 12.2 Å². The van der Waals surface area contributed by atoms with E-state index in [0.29, 0.717) is 12.6 Å². The van der Waals surface area contributed by atoms with E-state index in [1.54, 1.807) is 0 Å². The van der Waals surface area contributed by atoms with Gasteiger partial charge in [-0.25, -0.2) is 0 Å². The van der Waals surface area contributed by atoms with Gasteiger partial charge in [0.05, 0.1) is 12.7 Å². The summed E-state index contributed by atoms with van der Waals surface area (Å²) in [5.41, 5.74) is 1.96. The molecule has 1 aromatic carbocycles. The fraction of sp³-hybridized carbons (Fsp3) is 0.500. The SMILES string of the molecule is CCOc1ccc2c(c1)C(O)CC(C)N2. The van der Waals surface area contributed by atoms with E-state index < -0.39 is 0 Å². The molecule has 0 saturated carbocycles.